The number of nitrogens with two attached hydrogens (primary N) is 1. The highest BCUT2D eigenvalue weighted by Gasteiger charge is 2.13. The molecule has 0 saturated carbocycles. The fraction of sp³-hybridized carbons (Fsp3) is 0.231. The number of anilines is 3. The number of aromatic nitrogens is 2. The fourth-order valence-electron chi connectivity index (χ4n) is 1.84. The predicted octanol–water partition coefficient (Wildman–Crippen LogP) is 4.23. The minimum atomic E-state index is 0.207. The number of halogens is 2. The molecule has 1 aromatic carbocycles. The molecule has 100 valence electrons. The molecule has 1 aromatic heterocycles. The third-order valence-corrected chi connectivity index (χ3v) is 3.05. The molecule has 0 atom stereocenters. The number of hydrogen-bond acceptors (Lipinski definition) is 4. The van der Waals surface area contributed by atoms with E-state index in [1.165, 1.54) is 6.33 Å². The molecule has 0 unspecified atom stereocenters. The zero-order valence-electron chi connectivity index (χ0n) is 10.6. The zero-order chi connectivity index (χ0) is 14.0. The van der Waals surface area contributed by atoms with Gasteiger partial charge in [0.1, 0.15) is 18.0 Å². The summed E-state index contributed by atoms with van der Waals surface area (Å²) in [6.45, 7) is 4.07. The Morgan fingerprint density at radius 2 is 1.74 bits per heavy atom. The van der Waals surface area contributed by atoms with Crippen molar-refractivity contribution in [2.75, 3.05) is 11.1 Å². The van der Waals surface area contributed by atoms with E-state index < -0.39 is 0 Å². The standard InChI is InChI=1S/C13H14Cl2N4/c1-7(2)11-12(16)17-6-18-13(11)19-10-4-8(14)3-9(15)5-10/h3-7H,1-2H3,(H3,16,17,18,19). The van der Waals surface area contributed by atoms with Gasteiger partial charge in [-0.3, -0.25) is 0 Å². The fourth-order valence-corrected chi connectivity index (χ4v) is 2.37. The number of nitrogens with zero attached hydrogens (tertiary/aromatic N) is 2. The summed E-state index contributed by atoms with van der Waals surface area (Å²) in [5.41, 5.74) is 7.53. The van der Waals surface area contributed by atoms with Crippen LogP contribution in [0.3, 0.4) is 0 Å². The van der Waals surface area contributed by atoms with Crippen molar-refractivity contribution >= 4 is 40.5 Å². The number of nitrogen functional groups attached to an aromatic ring is 1. The van der Waals surface area contributed by atoms with Gasteiger partial charge in [0.05, 0.1) is 0 Å². The Bertz CT molecular complexity index is 579. The summed E-state index contributed by atoms with van der Waals surface area (Å²) in [6.07, 6.45) is 1.43. The second-order valence-corrected chi connectivity index (χ2v) is 5.33. The number of nitrogens with one attached hydrogen (secondary N) is 1. The van der Waals surface area contributed by atoms with Crippen LogP contribution in [0.1, 0.15) is 25.3 Å². The first-order valence-corrected chi connectivity index (χ1v) is 6.56. The summed E-state index contributed by atoms with van der Waals surface area (Å²) < 4.78 is 0. The van der Waals surface area contributed by atoms with E-state index in [0.717, 1.165) is 11.3 Å². The molecule has 4 nitrogen and oxygen atoms in total. The van der Waals surface area contributed by atoms with Gasteiger partial charge in [0, 0.05) is 21.3 Å². The van der Waals surface area contributed by atoms with Crippen molar-refractivity contribution in [2.24, 2.45) is 0 Å². The Morgan fingerprint density at radius 3 is 2.32 bits per heavy atom. The minimum absolute atomic E-state index is 0.207. The maximum Gasteiger partial charge on any atom is 0.139 e. The first kappa shape index (κ1) is 13.9. The van der Waals surface area contributed by atoms with Crippen molar-refractivity contribution in [3.63, 3.8) is 0 Å². The van der Waals surface area contributed by atoms with E-state index in [-0.39, 0.29) is 5.92 Å². The number of hydrogen-bond donors (Lipinski definition) is 2. The van der Waals surface area contributed by atoms with E-state index in [1.807, 2.05) is 13.8 Å². The van der Waals surface area contributed by atoms with Crippen LogP contribution in [0.5, 0.6) is 0 Å². The molecular weight excluding hydrogens is 283 g/mol. The lowest BCUT2D eigenvalue weighted by Crippen LogP contribution is -2.06. The SMILES string of the molecule is CC(C)c1c(N)ncnc1Nc1cc(Cl)cc(Cl)c1. The van der Waals surface area contributed by atoms with Crippen molar-refractivity contribution in [1.29, 1.82) is 0 Å². The number of rotatable bonds is 3. The monoisotopic (exact) mass is 296 g/mol. The summed E-state index contributed by atoms with van der Waals surface area (Å²) in [4.78, 5) is 8.24. The molecule has 2 rings (SSSR count). The van der Waals surface area contributed by atoms with E-state index in [1.54, 1.807) is 18.2 Å². The van der Waals surface area contributed by atoms with Gasteiger partial charge in [0.2, 0.25) is 0 Å². The van der Waals surface area contributed by atoms with Crippen molar-refractivity contribution < 1.29 is 0 Å². The summed E-state index contributed by atoms with van der Waals surface area (Å²) in [5, 5.41) is 4.29. The molecule has 0 amide bonds. The molecule has 0 aliphatic heterocycles. The second kappa shape index (κ2) is 5.63. The van der Waals surface area contributed by atoms with E-state index in [9.17, 15) is 0 Å². The molecule has 0 saturated heterocycles. The maximum atomic E-state index is 5.97. The Labute approximate surface area is 122 Å². The van der Waals surface area contributed by atoms with Gasteiger partial charge >= 0.3 is 0 Å². The topological polar surface area (TPSA) is 63.8 Å². The van der Waals surface area contributed by atoms with Crippen LogP contribution in [0.2, 0.25) is 10.0 Å². The van der Waals surface area contributed by atoms with Crippen LogP contribution in [-0.4, -0.2) is 9.97 Å². The first-order chi connectivity index (χ1) is 8.97. The molecule has 19 heavy (non-hydrogen) atoms. The highest BCUT2D eigenvalue weighted by atomic mass is 35.5. The Hall–Kier alpha value is -1.52. The quantitative estimate of drug-likeness (QED) is 0.889. The largest absolute Gasteiger partial charge is 0.383 e. The molecule has 0 spiro atoms. The highest BCUT2D eigenvalue weighted by Crippen LogP contribution is 2.30. The van der Waals surface area contributed by atoms with Gasteiger partial charge in [-0.15, -0.1) is 0 Å². The molecule has 0 aliphatic rings. The normalized spacial score (nSPS) is 10.8. The van der Waals surface area contributed by atoms with Crippen LogP contribution in [0, 0.1) is 0 Å². The molecule has 3 N–H and O–H groups in total. The lowest BCUT2D eigenvalue weighted by molar-refractivity contribution is 0.855. The molecule has 6 heteroatoms. The van der Waals surface area contributed by atoms with Gasteiger partial charge in [0.15, 0.2) is 0 Å². The summed E-state index contributed by atoms with van der Waals surface area (Å²) in [5.74, 6) is 1.35. The second-order valence-electron chi connectivity index (χ2n) is 4.46. The average Bonchev–Trinajstić information content (AvgIpc) is 2.26. The Kier molecular flexibility index (Phi) is 4.12. The van der Waals surface area contributed by atoms with Crippen LogP contribution in [-0.2, 0) is 0 Å². The lowest BCUT2D eigenvalue weighted by Gasteiger charge is -2.15. The van der Waals surface area contributed by atoms with Crippen LogP contribution in [0.25, 0.3) is 0 Å². The van der Waals surface area contributed by atoms with Gasteiger partial charge in [-0.25, -0.2) is 9.97 Å². The predicted molar refractivity (Wildman–Crippen MR) is 80.3 cm³/mol. The van der Waals surface area contributed by atoms with Crippen LogP contribution in [0.15, 0.2) is 24.5 Å². The summed E-state index contributed by atoms with van der Waals surface area (Å²) in [6, 6.07) is 5.22. The third kappa shape index (κ3) is 3.28. The van der Waals surface area contributed by atoms with Crippen molar-refractivity contribution in [2.45, 2.75) is 19.8 Å². The third-order valence-electron chi connectivity index (χ3n) is 2.62. The smallest absolute Gasteiger partial charge is 0.139 e. The molecule has 0 radical (unpaired) electrons. The van der Waals surface area contributed by atoms with Gasteiger partial charge in [0.25, 0.3) is 0 Å². The zero-order valence-corrected chi connectivity index (χ0v) is 12.1. The first-order valence-electron chi connectivity index (χ1n) is 5.81. The Balaban J connectivity index is 2.40. The molecule has 2 aromatic rings. The van der Waals surface area contributed by atoms with E-state index in [2.05, 4.69) is 15.3 Å². The highest BCUT2D eigenvalue weighted by molar-refractivity contribution is 6.35. The van der Waals surface area contributed by atoms with Gasteiger partial charge in [-0.2, -0.15) is 0 Å². The number of benzene rings is 1. The average molecular weight is 297 g/mol. The molecule has 1 heterocycles. The molecule has 0 aliphatic carbocycles. The Morgan fingerprint density at radius 1 is 1.11 bits per heavy atom. The van der Waals surface area contributed by atoms with Gasteiger partial charge in [-0.05, 0) is 24.1 Å². The van der Waals surface area contributed by atoms with E-state index >= 15 is 0 Å². The maximum absolute atomic E-state index is 5.97. The van der Waals surface area contributed by atoms with Crippen LogP contribution >= 0.6 is 23.2 Å². The molecule has 0 fully saturated rings. The van der Waals surface area contributed by atoms with Gasteiger partial charge in [-0.1, -0.05) is 37.0 Å². The molecular formula is C13H14Cl2N4. The molecule has 0 bridgehead atoms. The van der Waals surface area contributed by atoms with Crippen molar-refractivity contribution in [1.82, 2.24) is 9.97 Å². The minimum Gasteiger partial charge on any atom is -0.383 e. The van der Waals surface area contributed by atoms with Crippen LogP contribution < -0.4 is 11.1 Å². The summed E-state index contributed by atoms with van der Waals surface area (Å²) in [7, 11) is 0. The van der Waals surface area contributed by atoms with E-state index in [0.29, 0.717) is 21.7 Å². The van der Waals surface area contributed by atoms with Crippen molar-refractivity contribution in [3.8, 4) is 0 Å². The summed E-state index contributed by atoms with van der Waals surface area (Å²) >= 11 is 11.9. The lowest BCUT2D eigenvalue weighted by atomic mass is 10.0. The van der Waals surface area contributed by atoms with Crippen LogP contribution in [0.4, 0.5) is 17.3 Å². The van der Waals surface area contributed by atoms with Gasteiger partial charge < -0.3 is 11.1 Å². The van der Waals surface area contributed by atoms with Crippen molar-refractivity contribution in [3.05, 3.63) is 40.1 Å². The van der Waals surface area contributed by atoms with E-state index in [4.69, 9.17) is 28.9 Å².